The van der Waals surface area contributed by atoms with Gasteiger partial charge in [-0.2, -0.15) is 0 Å². The van der Waals surface area contributed by atoms with E-state index in [2.05, 4.69) is 46.4 Å². The topological polar surface area (TPSA) is 38.0 Å². The van der Waals surface area contributed by atoms with Gasteiger partial charge >= 0.3 is 0 Å². The van der Waals surface area contributed by atoms with Crippen molar-refractivity contribution in [3.05, 3.63) is 19.9 Å². The zero-order valence-electron chi connectivity index (χ0n) is 9.58. The summed E-state index contributed by atoms with van der Waals surface area (Å²) >= 11 is 4.18. The molecular weight excluding hydrogens is 331 g/mol. The van der Waals surface area contributed by atoms with Crippen LogP contribution >= 0.6 is 33.9 Å². The maximum atomic E-state index is 5.74. The van der Waals surface area contributed by atoms with Gasteiger partial charge in [0.05, 0.1) is 2.88 Å². The number of hydrogen-bond donors (Lipinski definition) is 2. The van der Waals surface area contributed by atoms with E-state index in [1.165, 1.54) is 34.1 Å². The molecule has 1 saturated carbocycles. The molecule has 1 aromatic rings. The summed E-state index contributed by atoms with van der Waals surface area (Å²) in [4.78, 5) is 0. The molecule has 1 fully saturated rings. The number of thiophene rings is 1. The fourth-order valence-electron chi connectivity index (χ4n) is 2.77. The molecule has 0 amide bonds. The average Bonchev–Trinajstić information content (AvgIpc) is 2.66. The molecule has 0 aromatic carbocycles. The van der Waals surface area contributed by atoms with E-state index >= 15 is 0 Å². The zero-order chi connectivity index (χ0) is 11.5. The third-order valence-electron chi connectivity index (χ3n) is 3.57. The van der Waals surface area contributed by atoms with Gasteiger partial charge in [-0.15, -0.1) is 11.3 Å². The van der Waals surface area contributed by atoms with E-state index in [1.807, 2.05) is 0 Å². The Kier molecular flexibility index (Phi) is 4.64. The van der Waals surface area contributed by atoms with Crippen LogP contribution in [-0.2, 0) is 0 Å². The van der Waals surface area contributed by atoms with E-state index in [0.717, 1.165) is 5.92 Å². The lowest BCUT2D eigenvalue weighted by molar-refractivity contribution is 0.225. The lowest BCUT2D eigenvalue weighted by Gasteiger charge is -2.32. The van der Waals surface area contributed by atoms with Crippen LogP contribution in [0, 0.1) is 14.7 Å². The lowest BCUT2D eigenvalue weighted by Crippen LogP contribution is -2.35. The van der Waals surface area contributed by atoms with Crippen molar-refractivity contribution in [2.24, 2.45) is 17.7 Å². The van der Waals surface area contributed by atoms with Crippen LogP contribution in [-0.4, -0.2) is 0 Å². The Hall–Kier alpha value is 0.350. The van der Waals surface area contributed by atoms with Gasteiger partial charge in [-0.05, 0) is 64.3 Å². The first-order valence-corrected chi connectivity index (χ1v) is 7.86. The van der Waals surface area contributed by atoms with Crippen LogP contribution in [0.2, 0.25) is 0 Å². The molecule has 2 rings (SSSR count). The number of hydrogen-bond acceptors (Lipinski definition) is 3. The summed E-state index contributed by atoms with van der Waals surface area (Å²) in [5.41, 5.74) is 4.40. The molecule has 0 spiro atoms. The Morgan fingerprint density at radius 3 is 2.94 bits per heavy atom. The first-order chi connectivity index (χ1) is 7.70. The van der Waals surface area contributed by atoms with Crippen LogP contribution < -0.4 is 11.3 Å². The van der Waals surface area contributed by atoms with Crippen molar-refractivity contribution in [3.63, 3.8) is 0 Å². The lowest BCUT2D eigenvalue weighted by atomic mass is 9.77. The highest BCUT2D eigenvalue weighted by atomic mass is 127. The summed E-state index contributed by atoms with van der Waals surface area (Å²) in [6.07, 6.45) is 5.35. The Labute approximate surface area is 115 Å². The molecule has 0 aliphatic heterocycles. The van der Waals surface area contributed by atoms with Gasteiger partial charge in [0.25, 0.3) is 0 Å². The second-order valence-corrected chi connectivity index (χ2v) is 7.67. The number of halogens is 1. The predicted molar refractivity (Wildman–Crippen MR) is 78.2 cm³/mol. The van der Waals surface area contributed by atoms with Gasteiger partial charge in [-0.25, -0.2) is 0 Å². The quantitative estimate of drug-likeness (QED) is 0.496. The molecule has 0 bridgehead atoms. The molecule has 16 heavy (non-hydrogen) atoms. The molecule has 3 N–H and O–H groups in total. The van der Waals surface area contributed by atoms with Crippen LogP contribution in [0.4, 0.5) is 0 Å². The smallest absolute Gasteiger partial charge is 0.0656 e. The molecule has 90 valence electrons. The van der Waals surface area contributed by atoms with Crippen molar-refractivity contribution < 1.29 is 0 Å². The van der Waals surface area contributed by atoms with E-state index in [-0.39, 0.29) is 0 Å². The fourth-order valence-corrected chi connectivity index (χ4v) is 4.18. The predicted octanol–water partition coefficient (Wildman–Crippen LogP) is 3.68. The highest BCUT2D eigenvalue weighted by Gasteiger charge is 2.27. The largest absolute Gasteiger partial charge is 0.271 e. The molecule has 1 heterocycles. The van der Waals surface area contributed by atoms with Gasteiger partial charge in [0.2, 0.25) is 0 Å². The molecule has 4 heteroatoms. The molecule has 1 aliphatic rings. The Balaban J connectivity index is 2.09. The van der Waals surface area contributed by atoms with Gasteiger partial charge < -0.3 is 0 Å². The summed E-state index contributed by atoms with van der Waals surface area (Å²) in [6, 6.07) is 2.61. The van der Waals surface area contributed by atoms with E-state index < -0.39 is 0 Å². The third kappa shape index (κ3) is 2.97. The molecule has 3 unspecified atom stereocenters. The summed E-state index contributed by atoms with van der Waals surface area (Å²) < 4.78 is 1.34. The molecule has 1 aliphatic carbocycles. The Morgan fingerprint density at radius 2 is 2.38 bits per heavy atom. The van der Waals surface area contributed by atoms with Gasteiger partial charge in [-0.1, -0.05) is 19.8 Å². The van der Waals surface area contributed by atoms with E-state index in [0.29, 0.717) is 12.0 Å². The van der Waals surface area contributed by atoms with E-state index in [9.17, 15) is 0 Å². The highest BCUT2D eigenvalue weighted by Crippen LogP contribution is 2.37. The van der Waals surface area contributed by atoms with Crippen molar-refractivity contribution >= 4 is 33.9 Å². The molecule has 2 nitrogen and oxygen atoms in total. The van der Waals surface area contributed by atoms with Crippen molar-refractivity contribution in [1.29, 1.82) is 0 Å². The standard InChI is InChI=1S/C12H19IN2S/c1-8-3-2-4-9(5-8)12(15-14)10-6-11(13)16-7-10/h6-9,12,15H,2-5,14H2,1H3. The van der Waals surface area contributed by atoms with Crippen LogP contribution in [0.25, 0.3) is 0 Å². The first-order valence-electron chi connectivity index (χ1n) is 5.90. The minimum absolute atomic E-state index is 0.350. The van der Waals surface area contributed by atoms with Crippen molar-refractivity contribution in [2.45, 2.75) is 38.6 Å². The number of rotatable bonds is 3. The van der Waals surface area contributed by atoms with Gasteiger partial charge in [0.1, 0.15) is 0 Å². The summed E-state index contributed by atoms with van der Waals surface area (Å²) in [7, 11) is 0. The average molecular weight is 350 g/mol. The minimum Gasteiger partial charge on any atom is -0.271 e. The number of nitrogens with two attached hydrogens (primary N) is 1. The Bertz CT molecular complexity index is 340. The van der Waals surface area contributed by atoms with Crippen molar-refractivity contribution in [1.82, 2.24) is 5.43 Å². The van der Waals surface area contributed by atoms with E-state index in [1.54, 1.807) is 11.3 Å². The monoisotopic (exact) mass is 350 g/mol. The van der Waals surface area contributed by atoms with Gasteiger partial charge in [-0.3, -0.25) is 11.3 Å². The SMILES string of the molecule is CC1CCCC(C(NN)c2csc(I)c2)C1. The minimum atomic E-state index is 0.350. The summed E-state index contributed by atoms with van der Waals surface area (Å²) in [5.74, 6) is 7.30. The van der Waals surface area contributed by atoms with Gasteiger partial charge in [0, 0.05) is 6.04 Å². The maximum absolute atomic E-state index is 5.74. The molecule has 0 radical (unpaired) electrons. The van der Waals surface area contributed by atoms with Crippen LogP contribution in [0.1, 0.15) is 44.2 Å². The summed E-state index contributed by atoms with van der Waals surface area (Å²) in [5, 5.41) is 2.24. The van der Waals surface area contributed by atoms with Crippen LogP contribution in [0.3, 0.4) is 0 Å². The molecular formula is C12H19IN2S. The first kappa shape index (κ1) is 12.8. The molecule has 1 aromatic heterocycles. The molecule has 0 saturated heterocycles. The maximum Gasteiger partial charge on any atom is 0.0656 e. The summed E-state index contributed by atoms with van der Waals surface area (Å²) in [6.45, 7) is 2.36. The van der Waals surface area contributed by atoms with E-state index in [4.69, 9.17) is 5.84 Å². The van der Waals surface area contributed by atoms with Crippen LogP contribution in [0.15, 0.2) is 11.4 Å². The Morgan fingerprint density at radius 1 is 1.56 bits per heavy atom. The second kappa shape index (κ2) is 5.80. The number of nitrogens with one attached hydrogen (secondary N) is 1. The number of hydrazine groups is 1. The van der Waals surface area contributed by atoms with Crippen molar-refractivity contribution in [3.8, 4) is 0 Å². The molecule has 3 atom stereocenters. The second-order valence-electron chi connectivity index (χ2n) is 4.86. The highest BCUT2D eigenvalue weighted by molar-refractivity contribution is 14.1. The normalized spacial score (nSPS) is 27.9. The van der Waals surface area contributed by atoms with Gasteiger partial charge in [0.15, 0.2) is 0 Å². The fraction of sp³-hybridized carbons (Fsp3) is 0.667. The third-order valence-corrected chi connectivity index (χ3v) is 5.38. The zero-order valence-corrected chi connectivity index (χ0v) is 12.6. The van der Waals surface area contributed by atoms with Crippen LogP contribution in [0.5, 0.6) is 0 Å². The van der Waals surface area contributed by atoms with Crippen molar-refractivity contribution in [2.75, 3.05) is 0 Å².